The highest BCUT2D eigenvalue weighted by atomic mass is 32.2. The lowest BCUT2D eigenvalue weighted by Crippen LogP contribution is -2.06. The van der Waals surface area contributed by atoms with Crippen LogP contribution in [0.15, 0.2) is 53.4 Å². The first-order valence-electron chi connectivity index (χ1n) is 6.52. The van der Waals surface area contributed by atoms with E-state index in [1.807, 2.05) is 12.1 Å². The SMILES string of the molecule is CC(=O)Nc1ccc(CNc2ccc(S(=O)(=O)O)cc2)cc1. The lowest BCUT2D eigenvalue weighted by atomic mass is 10.2. The van der Waals surface area contributed by atoms with Gasteiger partial charge in [0.15, 0.2) is 0 Å². The molecule has 0 saturated carbocycles. The third-order valence-electron chi connectivity index (χ3n) is 2.92. The number of rotatable bonds is 5. The molecule has 2 aromatic carbocycles. The van der Waals surface area contributed by atoms with Gasteiger partial charge in [-0.1, -0.05) is 12.1 Å². The van der Waals surface area contributed by atoms with Gasteiger partial charge in [-0.25, -0.2) is 0 Å². The van der Waals surface area contributed by atoms with Crippen LogP contribution < -0.4 is 10.6 Å². The van der Waals surface area contributed by atoms with Crippen molar-refractivity contribution in [2.75, 3.05) is 10.6 Å². The quantitative estimate of drug-likeness (QED) is 0.736. The highest BCUT2D eigenvalue weighted by molar-refractivity contribution is 7.85. The molecule has 0 bridgehead atoms. The summed E-state index contributed by atoms with van der Waals surface area (Å²) in [6.07, 6.45) is 0. The van der Waals surface area contributed by atoms with Crippen LogP contribution in [-0.4, -0.2) is 18.9 Å². The first kappa shape index (κ1) is 16.0. The molecule has 0 radical (unpaired) electrons. The summed E-state index contributed by atoms with van der Waals surface area (Å²) in [5, 5.41) is 5.82. The van der Waals surface area contributed by atoms with Gasteiger partial charge in [0.05, 0.1) is 4.90 Å². The Kier molecular flexibility index (Phi) is 4.79. The van der Waals surface area contributed by atoms with Crippen LogP contribution in [0, 0.1) is 0 Å². The van der Waals surface area contributed by atoms with E-state index in [-0.39, 0.29) is 10.8 Å². The number of carbonyl (C=O) groups excluding carboxylic acids is 1. The molecule has 0 saturated heterocycles. The van der Waals surface area contributed by atoms with E-state index in [0.717, 1.165) is 16.9 Å². The average molecular weight is 320 g/mol. The van der Waals surface area contributed by atoms with Crippen molar-refractivity contribution in [3.63, 3.8) is 0 Å². The fraction of sp³-hybridized carbons (Fsp3) is 0.133. The minimum Gasteiger partial charge on any atom is -0.381 e. The Hall–Kier alpha value is -2.38. The first-order valence-corrected chi connectivity index (χ1v) is 7.96. The van der Waals surface area contributed by atoms with Crippen LogP contribution >= 0.6 is 0 Å². The van der Waals surface area contributed by atoms with E-state index in [4.69, 9.17) is 4.55 Å². The molecular formula is C15H16N2O4S. The minimum absolute atomic E-state index is 0.121. The Balaban J connectivity index is 1.96. The van der Waals surface area contributed by atoms with Crippen molar-refractivity contribution in [3.05, 3.63) is 54.1 Å². The summed E-state index contributed by atoms with van der Waals surface area (Å²) in [5.41, 5.74) is 2.47. The van der Waals surface area contributed by atoms with Gasteiger partial charge in [0.1, 0.15) is 0 Å². The van der Waals surface area contributed by atoms with Gasteiger partial charge in [-0.3, -0.25) is 9.35 Å². The topological polar surface area (TPSA) is 95.5 Å². The first-order chi connectivity index (χ1) is 10.3. The fourth-order valence-electron chi connectivity index (χ4n) is 1.86. The maximum Gasteiger partial charge on any atom is 0.294 e. The van der Waals surface area contributed by atoms with E-state index >= 15 is 0 Å². The average Bonchev–Trinajstić information content (AvgIpc) is 2.45. The zero-order valence-electron chi connectivity index (χ0n) is 11.9. The molecule has 0 atom stereocenters. The molecule has 2 rings (SSSR count). The smallest absolute Gasteiger partial charge is 0.294 e. The van der Waals surface area contributed by atoms with Crippen molar-refractivity contribution in [1.29, 1.82) is 0 Å². The van der Waals surface area contributed by atoms with Crippen LogP contribution in [0.5, 0.6) is 0 Å². The van der Waals surface area contributed by atoms with E-state index in [0.29, 0.717) is 6.54 Å². The summed E-state index contributed by atoms with van der Waals surface area (Å²) in [6, 6.07) is 13.2. The number of carbonyl (C=O) groups is 1. The zero-order chi connectivity index (χ0) is 16.2. The molecular weight excluding hydrogens is 304 g/mol. The van der Waals surface area contributed by atoms with Gasteiger partial charge in [0.25, 0.3) is 10.1 Å². The van der Waals surface area contributed by atoms with Crippen LogP contribution in [0.2, 0.25) is 0 Å². The van der Waals surface area contributed by atoms with E-state index < -0.39 is 10.1 Å². The molecule has 116 valence electrons. The van der Waals surface area contributed by atoms with Crippen LogP contribution in [0.4, 0.5) is 11.4 Å². The van der Waals surface area contributed by atoms with Gasteiger partial charge in [-0.15, -0.1) is 0 Å². The van der Waals surface area contributed by atoms with E-state index in [2.05, 4.69) is 10.6 Å². The second-order valence-corrected chi connectivity index (χ2v) is 6.15. The third-order valence-corrected chi connectivity index (χ3v) is 3.79. The maximum atomic E-state index is 10.9. The van der Waals surface area contributed by atoms with Gasteiger partial charge >= 0.3 is 0 Å². The number of amides is 1. The van der Waals surface area contributed by atoms with Crippen molar-refractivity contribution in [2.24, 2.45) is 0 Å². The summed E-state index contributed by atoms with van der Waals surface area (Å²) in [6.45, 7) is 2.00. The Bertz CT molecular complexity index is 753. The largest absolute Gasteiger partial charge is 0.381 e. The summed E-state index contributed by atoms with van der Waals surface area (Å²) >= 11 is 0. The lowest BCUT2D eigenvalue weighted by molar-refractivity contribution is -0.114. The van der Waals surface area contributed by atoms with Crippen LogP contribution in [0.1, 0.15) is 12.5 Å². The number of nitrogens with one attached hydrogen (secondary N) is 2. The normalized spacial score (nSPS) is 11.0. The van der Waals surface area contributed by atoms with Gasteiger partial charge < -0.3 is 10.6 Å². The molecule has 0 aliphatic carbocycles. The second kappa shape index (κ2) is 6.59. The molecule has 0 fully saturated rings. The van der Waals surface area contributed by atoms with E-state index in [9.17, 15) is 13.2 Å². The molecule has 3 N–H and O–H groups in total. The summed E-state index contributed by atoms with van der Waals surface area (Å²) < 4.78 is 30.8. The predicted octanol–water partition coefficient (Wildman–Crippen LogP) is 2.50. The van der Waals surface area contributed by atoms with Crippen molar-refractivity contribution in [3.8, 4) is 0 Å². The van der Waals surface area contributed by atoms with Crippen molar-refractivity contribution in [1.82, 2.24) is 0 Å². The molecule has 0 unspecified atom stereocenters. The standard InChI is InChI=1S/C15H16N2O4S/c1-11(18)17-14-4-2-12(3-5-14)10-16-13-6-8-15(9-7-13)22(19,20)21/h2-9,16H,10H2,1H3,(H,17,18)(H,19,20,21). The molecule has 2 aromatic rings. The Morgan fingerprint density at radius 2 is 1.55 bits per heavy atom. The maximum absolute atomic E-state index is 10.9. The number of hydrogen-bond acceptors (Lipinski definition) is 4. The van der Waals surface area contributed by atoms with Crippen molar-refractivity contribution in [2.45, 2.75) is 18.4 Å². The highest BCUT2D eigenvalue weighted by Gasteiger charge is 2.08. The Morgan fingerprint density at radius 1 is 1.00 bits per heavy atom. The van der Waals surface area contributed by atoms with Crippen LogP contribution in [0.3, 0.4) is 0 Å². The van der Waals surface area contributed by atoms with Gasteiger partial charge in [0, 0.05) is 24.8 Å². The van der Waals surface area contributed by atoms with Crippen molar-refractivity contribution >= 4 is 27.4 Å². The second-order valence-electron chi connectivity index (χ2n) is 4.73. The number of benzene rings is 2. The molecule has 0 heterocycles. The predicted molar refractivity (Wildman–Crippen MR) is 84.3 cm³/mol. The van der Waals surface area contributed by atoms with Crippen LogP contribution in [0.25, 0.3) is 0 Å². The molecule has 0 spiro atoms. The lowest BCUT2D eigenvalue weighted by Gasteiger charge is -2.08. The summed E-state index contributed by atoms with van der Waals surface area (Å²) in [4.78, 5) is 10.8. The molecule has 7 heteroatoms. The molecule has 6 nitrogen and oxygen atoms in total. The highest BCUT2D eigenvalue weighted by Crippen LogP contribution is 2.15. The number of anilines is 2. The van der Waals surface area contributed by atoms with E-state index in [1.54, 1.807) is 24.3 Å². The Labute approximate surface area is 128 Å². The third kappa shape index (κ3) is 4.57. The summed E-state index contributed by atoms with van der Waals surface area (Å²) in [5.74, 6) is -0.121. The van der Waals surface area contributed by atoms with E-state index in [1.165, 1.54) is 19.1 Å². The Morgan fingerprint density at radius 3 is 2.05 bits per heavy atom. The zero-order valence-corrected chi connectivity index (χ0v) is 12.7. The van der Waals surface area contributed by atoms with Gasteiger partial charge in [0.2, 0.25) is 5.91 Å². The fourth-order valence-corrected chi connectivity index (χ4v) is 2.34. The monoisotopic (exact) mass is 320 g/mol. The van der Waals surface area contributed by atoms with Gasteiger partial charge in [-0.2, -0.15) is 8.42 Å². The molecule has 0 aliphatic heterocycles. The minimum atomic E-state index is -4.16. The molecule has 22 heavy (non-hydrogen) atoms. The molecule has 0 aliphatic rings. The molecule has 1 amide bonds. The number of hydrogen-bond donors (Lipinski definition) is 3. The molecule has 0 aromatic heterocycles. The van der Waals surface area contributed by atoms with Crippen LogP contribution in [-0.2, 0) is 21.5 Å². The summed E-state index contributed by atoms with van der Waals surface area (Å²) in [7, 11) is -4.16. The van der Waals surface area contributed by atoms with Crippen molar-refractivity contribution < 1.29 is 17.8 Å². The van der Waals surface area contributed by atoms with Gasteiger partial charge in [-0.05, 0) is 42.0 Å².